The number of nitrogens with zero attached hydrogens (tertiary/aromatic N) is 2. The number of esters is 1. The number of aliphatic imine (C=N–C) groups is 1. The van der Waals surface area contributed by atoms with Crippen LogP contribution in [-0.2, 0) is 70.8 Å². The molecule has 7 atom stereocenters. The van der Waals surface area contributed by atoms with Gasteiger partial charge in [0.15, 0.2) is 5.91 Å². The zero-order chi connectivity index (χ0) is 61.6. The number of carbonyl (C=O) groups excluding carboxylic acids is 3. The van der Waals surface area contributed by atoms with Gasteiger partial charge in [0.25, 0.3) is 0 Å². The van der Waals surface area contributed by atoms with Crippen LogP contribution in [0, 0.1) is 35.5 Å². The van der Waals surface area contributed by atoms with Crippen molar-refractivity contribution >= 4 is 75.9 Å². The van der Waals surface area contributed by atoms with E-state index in [0.717, 1.165) is 43.5 Å². The van der Waals surface area contributed by atoms with Crippen molar-refractivity contribution < 1.29 is 81.7 Å². The number of aromatic nitrogens is 1. The molecule has 2 amide bonds. The van der Waals surface area contributed by atoms with Crippen LogP contribution < -0.4 is 20.9 Å². The predicted molar refractivity (Wildman–Crippen MR) is 326 cm³/mol. The van der Waals surface area contributed by atoms with Crippen molar-refractivity contribution in [2.24, 2.45) is 40.5 Å². The van der Waals surface area contributed by atoms with E-state index in [1.54, 1.807) is 57.2 Å². The van der Waals surface area contributed by atoms with E-state index in [2.05, 4.69) is 64.1 Å². The average molecular weight is 1260 g/mol. The Hall–Kier alpha value is -6.84. The average Bonchev–Trinajstić information content (AvgIpc) is 2.14. The monoisotopic (exact) mass is 1260 g/mol. The molecule has 3 aliphatic rings. The molecule has 1 aliphatic heterocycles. The largest absolute Gasteiger partial charge is 2.00 e. The molecular formula is C65H75N5O13S2Zn. The molecule has 0 radical (unpaired) electrons. The molecule has 4 aromatic carbocycles. The number of carboxylic acids is 2. The summed E-state index contributed by atoms with van der Waals surface area (Å²) in [5.41, 5.74) is 2.90. The number of carboxylic acid groups (broad SMARTS) is 2. The molecule has 0 bridgehead atoms. The summed E-state index contributed by atoms with van der Waals surface area (Å²) in [7, 11) is 0. The summed E-state index contributed by atoms with van der Waals surface area (Å²) in [4.78, 5) is 90.6. The number of benzene rings is 4. The molecule has 86 heavy (non-hydrogen) atoms. The van der Waals surface area contributed by atoms with Crippen molar-refractivity contribution in [2.75, 3.05) is 12.0 Å². The molecule has 1 aromatic heterocycles. The van der Waals surface area contributed by atoms with Gasteiger partial charge in [-0.15, -0.1) is 11.8 Å². The molecule has 2 aliphatic carbocycles. The van der Waals surface area contributed by atoms with Crippen LogP contribution >= 0.6 is 11.8 Å². The molecule has 2 saturated carbocycles. The predicted octanol–water partition coefficient (Wildman–Crippen LogP) is 11.7. The summed E-state index contributed by atoms with van der Waals surface area (Å²) in [6.07, 6.45) is 4.80. The minimum Gasteiger partial charge on any atom is -0.768 e. The topological polar surface area (TPSA) is 265 Å². The fourth-order valence-electron chi connectivity index (χ4n) is 11.4. The number of anilines is 1. The smallest absolute Gasteiger partial charge is 0.768 e. The number of hydrogen-bond acceptors (Lipinski definition) is 14. The molecule has 18 nitrogen and oxygen atoms in total. The Balaban J connectivity index is 0.00000108. The Morgan fingerprint density at radius 3 is 1.80 bits per heavy atom. The molecule has 452 valence electrons. The van der Waals surface area contributed by atoms with E-state index < -0.39 is 58.2 Å². The molecule has 21 heteroatoms. The normalized spacial score (nSPS) is 22.4. The van der Waals surface area contributed by atoms with Crippen molar-refractivity contribution in [1.29, 1.82) is 0 Å². The van der Waals surface area contributed by atoms with Gasteiger partial charge in [-0.1, -0.05) is 133 Å². The fourth-order valence-corrected chi connectivity index (χ4v) is 12.7. The first-order valence-corrected chi connectivity index (χ1v) is 30.4. The first-order chi connectivity index (χ1) is 40.5. The summed E-state index contributed by atoms with van der Waals surface area (Å²) in [5.74, 6) is -2.19. The Morgan fingerprint density at radius 2 is 1.29 bits per heavy atom. The number of ether oxygens (including phenoxy) is 2. The molecule has 5 N–H and O–H groups in total. The number of allylic oxidation sites excluding steroid dienone is 2. The van der Waals surface area contributed by atoms with Gasteiger partial charge in [0, 0.05) is 15.4 Å². The van der Waals surface area contributed by atoms with Gasteiger partial charge in [0.05, 0.1) is 40.0 Å². The minimum absolute atomic E-state index is 0. The summed E-state index contributed by atoms with van der Waals surface area (Å²) < 4.78 is 32.4. The second-order valence-corrected chi connectivity index (χ2v) is 24.8. The molecule has 2 heterocycles. The van der Waals surface area contributed by atoms with E-state index in [4.69, 9.17) is 29.2 Å². The van der Waals surface area contributed by atoms with E-state index in [0.29, 0.717) is 56.0 Å². The molecule has 0 saturated heterocycles. The van der Waals surface area contributed by atoms with Crippen molar-refractivity contribution in [2.45, 2.75) is 128 Å². The van der Waals surface area contributed by atoms with E-state index in [9.17, 15) is 38.2 Å². The van der Waals surface area contributed by atoms with Gasteiger partial charge in [-0.3, -0.25) is 19.1 Å². The molecule has 7 unspecified atom stereocenters. The van der Waals surface area contributed by atoms with Crippen LogP contribution in [0.2, 0.25) is 0 Å². The summed E-state index contributed by atoms with van der Waals surface area (Å²) in [6.45, 7) is 21.5. The van der Waals surface area contributed by atoms with Gasteiger partial charge in [-0.25, -0.2) is 29.2 Å². The fraction of sp³-hybridized carbons (Fsp3) is 0.385. The SMILES string of the molecule is C=C(C)OCNC(C)C(=O)NC1=N/C(=C\c2[n-]c(NC(=O)C(C)Sc3cc(C(=O)O)cc(C(=O)O)c3)c(COOC3C(C)CC(C)CC3C)c2-c2ccccc2)C(c2ccccc2)=C1C(=O)OC1C(C)CC(C)CC1C.O=S([O-])c1ccccc1.[Zn+2]. The summed E-state index contributed by atoms with van der Waals surface area (Å²) >= 11 is -1.09. The molecule has 0 spiro atoms. The van der Waals surface area contributed by atoms with Gasteiger partial charge in [-0.05, 0) is 157 Å². The molecule has 8 rings (SSSR count). The quantitative estimate of drug-likeness (QED) is 0.00668. The van der Waals surface area contributed by atoms with E-state index in [-0.39, 0.29) is 102 Å². The van der Waals surface area contributed by atoms with Crippen LogP contribution in [0.1, 0.15) is 126 Å². The van der Waals surface area contributed by atoms with Crippen molar-refractivity contribution in [3.05, 3.63) is 161 Å². The van der Waals surface area contributed by atoms with Crippen LogP contribution in [0.15, 0.2) is 148 Å². The number of carbonyl (C=O) groups is 5. The number of hydrogen-bond donors (Lipinski definition) is 5. The summed E-state index contributed by atoms with van der Waals surface area (Å²) in [5, 5.41) is 27.6. The number of amidine groups is 1. The van der Waals surface area contributed by atoms with Gasteiger partial charge in [-0.2, -0.15) is 0 Å². The van der Waals surface area contributed by atoms with E-state index >= 15 is 4.79 Å². The summed E-state index contributed by atoms with van der Waals surface area (Å²) in [6, 6.07) is 29.8. The third-order valence-corrected chi connectivity index (χ3v) is 17.0. The second-order valence-electron chi connectivity index (χ2n) is 22.5. The Morgan fingerprint density at radius 1 is 0.767 bits per heavy atom. The van der Waals surface area contributed by atoms with Crippen LogP contribution in [0.4, 0.5) is 5.82 Å². The van der Waals surface area contributed by atoms with Gasteiger partial charge in [0.2, 0.25) is 5.91 Å². The Labute approximate surface area is 522 Å². The van der Waals surface area contributed by atoms with Crippen LogP contribution in [0.25, 0.3) is 22.8 Å². The number of thioether (sulfide) groups is 1. The van der Waals surface area contributed by atoms with Gasteiger partial charge in [0.1, 0.15) is 30.9 Å². The number of nitrogens with one attached hydrogen (secondary N) is 3. The third-order valence-electron chi connectivity index (χ3n) is 15.2. The van der Waals surface area contributed by atoms with E-state index in [1.165, 1.54) is 12.1 Å². The maximum Gasteiger partial charge on any atom is 2.00 e. The number of aromatic carboxylic acids is 2. The maximum atomic E-state index is 15.0. The van der Waals surface area contributed by atoms with Crippen LogP contribution in [0.3, 0.4) is 0 Å². The molecule has 5 aromatic rings. The van der Waals surface area contributed by atoms with Crippen molar-refractivity contribution in [3.8, 4) is 11.1 Å². The van der Waals surface area contributed by atoms with Gasteiger partial charge >= 0.3 is 37.4 Å². The minimum atomic E-state index is -2.08. The molecular weight excluding hydrogens is 1190 g/mol. The second kappa shape index (κ2) is 31.7. The zero-order valence-electron chi connectivity index (χ0n) is 50.0. The van der Waals surface area contributed by atoms with Crippen molar-refractivity contribution in [3.63, 3.8) is 0 Å². The van der Waals surface area contributed by atoms with Crippen LogP contribution in [-0.4, -0.2) is 84.8 Å². The van der Waals surface area contributed by atoms with Gasteiger partial charge < -0.3 is 39.9 Å². The third kappa shape index (κ3) is 18.1. The first-order valence-electron chi connectivity index (χ1n) is 28.4. The molecule has 2 fully saturated rings. The van der Waals surface area contributed by atoms with Crippen molar-refractivity contribution in [1.82, 2.24) is 15.6 Å². The Kier molecular flexibility index (Phi) is 25.2. The first kappa shape index (κ1) is 68.3. The van der Waals surface area contributed by atoms with Crippen LogP contribution in [0.5, 0.6) is 0 Å². The zero-order valence-corrected chi connectivity index (χ0v) is 54.6. The van der Waals surface area contributed by atoms with E-state index in [1.807, 2.05) is 60.7 Å². The maximum absolute atomic E-state index is 15.0. The number of rotatable bonds is 21. The standard InChI is InChI=1S/C59H71N5O11S.C6H6O2S.Zn/c1-31(2)72-30-60-38(9)55(65)64-54-50(59(71)74-51-34(5)21-32(3)22-35(51)6)49(41-19-15-12-16-20-41)47(62-54)28-46-48(40-17-13-11-14-18-40)45(29-73-75-52-36(7)23-33(4)24-37(52)8)53(61-46)63-56(66)39(10)76-44-26-42(57(67)68)25-43(27-44)58(69)70;7-9(8)6-4-2-1-3-5-6;/h11-20,25-28,32-39,51-52,60H,1,21-24,29-30H2,2-10H3,(H5,61,62,63,64,65,66,67,68,69,70,71);1-5H,(H,7,8);/q;;+2/p-2. The Bertz CT molecular complexity index is 3280. The number of amides is 2.